The highest BCUT2D eigenvalue weighted by Gasteiger charge is 2.23. The maximum absolute atomic E-state index is 10.1. The molecule has 0 radical (unpaired) electrons. The molecule has 0 saturated heterocycles. The molecule has 0 aromatic heterocycles. The maximum Gasteiger partial charge on any atom is 0.227 e. The topological polar surface area (TPSA) is 74.6 Å². The standard InChI is InChI=1S/C5H8O4/c1-4(7)2-5(8,9)3-6/h3,8-9H,2H2,1H3. The third kappa shape index (κ3) is 3.81. The average Bonchev–Trinajstić information content (AvgIpc) is 1.63. The summed E-state index contributed by atoms with van der Waals surface area (Å²) < 4.78 is 0. The molecule has 4 heteroatoms. The summed E-state index contributed by atoms with van der Waals surface area (Å²) >= 11 is 0. The molecule has 2 N–H and O–H groups in total. The Hall–Kier alpha value is -0.740. The molecular formula is C5H8O4. The second kappa shape index (κ2) is 2.70. The van der Waals surface area contributed by atoms with Crippen molar-refractivity contribution in [3.05, 3.63) is 0 Å². The predicted octanol–water partition coefficient (Wildman–Crippen LogP) is -1.15. The van der Waals surface area contributed by atoms with E-state index in [1.165, 1.54) is 6.92 Å². The van der Waals surface area contributed by atoms with Crippen LogP contribution in [-0.2, 0) is 9.59 Å². The van der Waals surface area contributed by atoms with Crippen LogP contribution in [0.25, 0.3) is 0 Å². The first-order valence-electron chi connectivity index (χ1n) is 2.38. The minimum atomic E-state index is -2.47. The molecule has 52 valence electrons. The molecule has 0 rings (SSSR count). The molecule has 0 aliphatic rings. The van der Waals surface area contributed by atoms with Gasteiger partial charge in [0.1, 0.15) is 5.78 Å². The molecule has 0 atom stereocenters. The van der Waals surface area contributed by atoms with E-state index in [2.05, 4.69) is 0 Å². The average molecular weight is 132 g/mol. The van der Waals surface area contributed by atoms with E-state index in [4.69, 9.17) is 10.2 Å². The van der Waals surface area contributed by atoms with Crippen molar-refractivity contribution in [3.63, 3.8) is 0 Å². The molecule has 0 saturated carbocycles. The van der Waals surface area contributed by atoms with E-state index in [1.54, 1.807) is 0 Å². The zero-order valence-corrected chi connectivity index (χ0v) is 5.00. The van der Waals surface area contributed by atoms with Gasteiger partial charge in [0.05, 0.1) is 6.42 Å². The molecule has 0 fully saturated rings. The number of carbonyl (C=O) groups is 2. The lowest BCUT2D eigenvalue weighted by Crippen LogP contribution is -2.32. The number of aldehydes is 1. The van der Waals surface area contributed by atoms with Gasteiger partial charge in [-0.3, -0.25) is 9.59 Å². The van der Waals surface area contributed by atoms with Crippen molar-refractivity contribution in [2.75, 3.05) is 0 Å². The minimum absolute atomic E-state index is 0.0750. The van der Waals surface area contributed by atoms with Gasteiger partial charge in [-0.2, -0.15) is 0 Å². The summed E-state index contributed by atoms with van der Waals surface area (Å²) in [7, 11) is 0. The Bertz CT molecular complexity index is 127. The SMILES string of the molecule is CC(=O)CC(O)(O)C=O. The molecule has 0 aromatic rings. The van der Waals surface area contributed by atoms with E-state index < -0.39 is 18.0 Å². The quantitative estimate of drug-likeness (QED) is 0.375. The molecule has 0 aromatic carbocycles. The summed E-state index contributed by atoms with van der Waals surface area (Å²) in [5.74, 6) is -2.90. The van der Waals surface area contributed by atoms with Crippen LogP contribution in [-0.4, -0.2) is 28.1 Å². The molecule has 0 bridgehead atoms. The van der Waals surface area contributed by atoms with E-state index in [0.29, 0.717) is 0 Å². The van der Waals surface area contributed by atoms with Crippen LogP contribution < -0.4 is 0 Å². The van der Waals surface area contributed by atoms with Crippen molar-refractivity contribution >= 4 is 12.1 Å². The first kappa shape index (κ1) is 8.26. The molecule has 0 amide bonds. The summed E-state index contributed by atoms with van der Waals surface area (Å²) in [6.45, 7) is 1.17. The Kier molecular flexibility index (Phi) is 2.48. The first-order chi connectivity index (χ1) is 3.98. The number of hydrogen-bond donors (Lipinski definition) is 2. The van der Waals surface area contributed by atoms with Crippen molar-refractivity contribution < 1.29 is 19.8 Å². The van der Waals surface area contributed by atoms with Crippen LogP contribution in [0.4, 0.5) is 0 Å². The number of aliphatic hydroxyl groups is 2. The number of carbonyl (C=O) groups excluding carboxylic acids is 2. The molecule has 0 aliphatic carbocycles. The van der Waals surface area contributed by atoms with Gasteiger partial charge < -0.3 is 10.2 Å². The van der Waals surface area contributed by atoms with Crippen LogP contribution in [0.15, 0.2) is 0 Å². The Balaban J connectivity index is 3.86. The monoisotopic (exact) mass is 132 g/mol. The third-order valence-electron chi connectivity index (χ3n) is 0.698. The first-order valence-corrected chi connectivity index (χ1v) is 2.38. The summed E-state index contributed by atoms with van der Waals surface area (Å²) in [6.07, 6.45) is -0.620. The van der Waals surface area contributed by atoms with Crippen LogP contribution in [0.5, 0.6) is 0 Å². The van der Waals surface area contributed by atoms with Crippen molar-refractivity contribution in [1.82, 2.24) is 0 Å². The van der Waals surface area contributed by atoms with Crippen LogP contribution in [0, 0.1) is 0 Å². The minimum Gasteiger partial charge on any atom is -0.360 e. The summed E-state index contributed by atoms with van der Waals surface area (Å²) in [5, 5.41) is 16.9. The van der Waals surface area contributed by atoms with Gasteiger partial charge in [-0.1, -0.05) is 0 Å². The Labute approximate surface area is 52.1 Å². The lowest BCUT2D eigenvalue weighted by molar-refractivity contribution is -0.173. The molecular weight excluding hydrogens is 124 g/mol. The number of ketones is 1. The van der Waals surface area contributed by atoms with Gasteiger partial charge in [-0.15, -0.1) is 0 Å². The Morgan fingerprint density at radius 2 is 2.11 bits per heavy atom. The van der Waals surface area contributed by atoms with Crippen LogP contribution >= 0.6 is 0 Å². The zero-order chi connectivity index (χ0) is 7.49. The highest BCUT2D eigenvalue weighted by molar-refractivity contribution is 5.80. The second-order valence-electron chi connectivity index (χ2n) is 1.88. The van der Waals surface area contributed by atoms with Crippen LogP contribution in [0.1, 0.15) is 13.3 Å². The Morgan fingerprint density at radius 1 is 1.67 bits per heavy atom. The molecule has 4 nitrogen and oxygen atoms in total. The van der Waals surface area contributed by atoms with Gasteiger partial charge in [0.25, 0.3) is 0 Å². The highest BCUT2D eigenvalue weighted by atomic mass is 16.5. The van der Waals surface area contributed by atoms with Crippen LogP contribution in [0.3, 0.4) is 0 Å². The predicted molar refractivity (Wildman–Crippen MR) is 28.5 cm³/mol. The lowest BCUT2D eigenvalue weighted by Gasteiger charge is -2.10. The smallest absolute Gasteiger partial charge is 0.227 e. The fourth-order valence-corrected chi connectivity index (χ4v) is 0.408. The number of hydrogen-bond acceptors (Lipinski definition) is 4. The summed E-state index contributed by atoms with van der Waals surface area (Å²) in [5.41, 5.74) is 0. The Morgan fingerprint density at radius 3 is 2.22 bits per heavy atom. The lowest BCUT2D eigenvalue weighted by atomic mass is 10.2. The summed E-state index contributed by atoms with van der Waals surface area (Å²) in [6, 6.07) is 0. The fraction of sp³-hybridized carbons (Fsp3) is 0.600. The van der Waals surface area contributed by atoms with E-state index in [-0.39, 0.29) is 6.29 Å². The normalized spacial score (nSPS) is 11.0. The molecule has 0 unspecified atom stereocenters. The van der Waals surface area contributed by atoms with Gasteiger partial charge in [0.2, 0.25) is 5.79 Å². The van der Waals surface area contributed by atoms with E-state index >= 15 is 0 Å². The summed E-state index contributed by atoms with van der Waals surface area (Å²) in [4.78, 5) is 19.8. The molecule has 0 aliphatic heterocycles. The van der Waals surface area contributed by atoms with Crippen molar-refractivity contribution in [3.8, 4) is 0 Å². The van der Waals surface area contributed by atoms with Crippen LogP contribution in [0.2, 0.25) is 0 Å². The molecule has 0 spiro atoms. The van der Waals surface area contributed by atoms with Crippen molar-refractivity contribution in [2.24, 2.45) is 0 Å². The number of Topliss-reactive ketones (excluding diaryl/α,β-unsaturated/α-hetero) is 1. The zero-order valence-electron chi connectivity index (χ0n) is 5.00. The van der Waals surface area contributed by atoms with Gasteiger partial charge >= 0.3 is 0 Å². The fourth-order valence-electron chi connectivity index (χ4n) is 0.408. The van der Waals surface area contributed by atoms with Crippen molar-refractivity contribution in [1.29, 1.82) is 0 Å². The van der Waals surface area contributed by atoms with Gasteiger partial charge in [-0.25, -0.2) is 0 Å². The van der Waals surface area contributed by atoms with E-state index in [1.807, 2.05) is 0 Å². The van der Waals surface area contributed by atoms with E-state index in [9.17, 15) is 9.59 Å². The molecule has 0 heterocycles. The largest absolute Gasteiger partial charge is 0.360 e. The maximum atomic E-state index is 10.1. The third-order valence-corrected chi connectivity index (χ3v) is 0.698. The van der Waals surface area contributed by atoms with Gasteiger partial charge in [0.15, 0.2) is 6.29 Å². The van der Waals surface area contributed by atoms with Gasteiger partial charge in [-0.05, 0) is 6.92 Å². The highest BCUT2D eigenvalue weighted by Crippen LogP contribution is 2.00. The van der Waals surface area contributed by atoms with Crippen molar-refractivity contribution in [2.45, 2.75) is 19.1 Å². The molecule has 9 heavy (non-hydrogen) atoms. The van der Waals surface area contributed by atoms with Gasteiger partial charge in [0, 0.05) is 0 Å². The second-order valence-corrected chi connectivity index (χ2v) is 1.88. The van der Waals surface area contributed by atoms with E-state index in [0.717, 1.165) is 0 Å². The number of rotatable bonds is 3.